The molecule has 1 rings (SSSR count). The van der Waals surface area contributed by atoms with E-state index in [2.05, 4.69) is 26.1 Å². The molecule has 2 nitrogen and oxygen atoms in total. The van der Waals surface area contributed by atoms with Crippen LogP contribution >= 0.6 is 0 Å². The van der Waals surface area contributed by atoms with E-state index in [4.69, 9.17) is 4.74 Å². The maximum atomic E-state index is 5.22. The van der Waals surface area contributed by atoms with Gasteiger partial charge in [-0.15, -0.1) is 0 Å². The molecule has 12 heavy (non-hydrogen) atoms. The lowest BCUT2D eigenvalue weighted by Crippen LogP contribution is -2.53. The van der Waals surface area contributed by atoms with Crippen LogP contribution in [0.3, 0.4) is 0 Å². The van der Waals surface area contributed by atoms with Crippen LogP contribution in [0.25, 0.3) is 0 Å². The van der Waals surface area contributed by atoms with Gasteiger partial charge in [-0.05, 0) is 31.7 Å². The number of nitrogens with one attached hydrogen (secondary N) is 1. The van der Waals surface area contributed by atoms with E-state index < -0.39 is 0 Å². The lowest BCUT2D eigenvalue weighted by atomic mass is 9.74. The van der Waals surface area contributed by atoms with Crippen molar-refractivity contribution in [2.45, 2.75) is 39.2 Å². The minimum Gasteiger partial charge on any atom is -0.383 e. The first-order valence-corrected chi connectivity index (χ1v) is 4.71. The molecular weight excluding hydrogens is 150 g/mol. The SMILES string of the molecule is COCC1(C)CC(C)(C)CCN1. The van der Waals surface area contributed by atoms with Gasteiger partial charge in [-0.25, -0.2) is 0 Å². The molecule has 0 bridgehead atoms. The number of methoxy groups -OCH3 is 1. The van der Waals surface area contributed by atoms with E-state index in [1.54, 1.807) is 7.11 Å². The molecule has 1 fully saturated rings. The summed E-state index contributed by atoms with van der Waals surface area (Å²) in [5, 5.41) is 3.53. The van der Waals surface area contributed by atoms with Gasteiger partial charge in [0.15, 0.2) is 0 Å². The second-order valence-corrected chi connectivity index (χ2v) is 5.01. The Bertz CT molecular complexity index is 152. The van der Waals surface area contributed by atoms with Crippen LogP contribution in [0.15, 0.2) is 0 Å². The molecule has 0 aliphatic carbocycles. The fourth-order valence-corrected chi connectivity index (χ4v) is 2.33. The molecular formula is C10H21NO. The molecule has 0 spiro atoms. The van der Waals surface area contributed by atoms with Gasteiger partial charge in [0.25, 0.3) is 0 Å². The summed E-state index contributed by atoms with van der Waals surface area (Å²) in [6, 6.07) is 0. The third kappa shape index (κ3) is 2.46. The first kappa shape index (κ1) is 10.0. The number of ether oxygens (including phenoxy) is 1. The second-order valence-electron chi connectivity index (χ2n) is 5.01. The average Bonchev–Trinajstić information content (AvgIpc) is 1.83. The van der Waals surface area contributed by atoms with Crippen LogP contribution in [-0.2, 0) is 4.74 Å². The van der Waals surface area contributed by atoms with Gasteiger partial charge in [0, 0.05) is 12.6 Å². The smallest absolute Gasteiger partial charge is 0.0641 e. The summed E-state index contributed by atoms with van der Waals surface area (Å²) in [7, 11) is 1.77. The predicted molar refractivity (Wildman–Crippen MR) is 51.3 cm³/mol. The maximum absolute atomic E-state index is 5.22. The summed E-state index contributed by atoms with van der Waals surface area (Å²) < 4.78 is 5.22. The second kappa shape index (κ2) is 3.35. The highest BCUT2D eigenvalue weighted by molar-refractivity contribution is 4.93. The molecule has 1 aliphatic rings. The Morgan fingerprint density at radius 3 is 2.50 bits per heavy atom. The summed E-state index contributed by atoms with van der Waals surface area (Å²) in [6.07, 6.45) is 2.47. The molecule has 1 heterocycles. The number of hydrogen-bond donors (Lipinski definition) is 1. The van der Waals surface area contributed by atoms with E-state index in [0.29, 0.717) is 5.41 Å². The molecule has 72 valence electrons. The molecule has 1 aliphatic heterocycles. The Kier molecular flexibility index (Phi) is 2.79. The van der Waals surface area contributed by atoms with E-state index >= 15 is 0 Å². The van der Waals surface area contributed by atoms with E-state index in [1.807, 2.05) is 0 Å². The normalized spacial score (nSPS) is 35.0. The Labute approximate surface area is 75.7 Å². The zero-order valence-electron chi connectivity index (χ0n) is 8.74. The highest BCUT2D eigenvalue weighted by Crippen LogP contribution is 2.34. The fraction of sp³-hybridized carbons (Fsp3) is 1.00. The lowest BCUT2D eigenvalue weighted by molar-refractivity contribution is 0.0581. The van der Waals surface area contributed by atoms with Crippen molar-refractivity contribution in [3.63, 3.8) is 0 Å². The van der Waals surface area contributed by atoms with Crippen molar-refractivity contribution in [3.05, 3.63) is 0 Å². The molecule has 0 amide bonds. The largest absolute Gasteiger partial charge is 0.383 e. The Hall–Kier alpha value is -0.0800. The van der Waals surface area contributed by atoms with Crippen LogP contribution < -0.4 is 5.32 Å². The first-order chi connectivity index (χ1) is 5.47. The van der Waals surface area contributed by atoms with Crippen molar-refractivity contribution >= 4 is 0 Å². The molecule has 0 saturated carbocycles. The Morgan fingerprint density at radius 1 is 1.33 bits per heavy atom. The molecule has 0 aromatic heterocycles. The highest BCUT2D eigenvalue weighted by atomic mass is 16.5. The minimum atomic E-state index is 0.191. The van der Waals surface area contributed by atoms with Gasteiger partial charge in [-0.2, -0.15) is 0 Å². The zero-order valence-corrected chi connectivity index (χ0v) is 8.74. The van der Waals surface area contributed by atoms with Crippen molar-refractivity contribution < 1.29 is 4.74 Å². The van der Waals surface area contributed by atoms with E-state index in [9.17, 15) is 0 Å². The van der Waals surface area contributed by atoms with E-state index in [0.717, 1.165) is 13.2 Å². The van der Waals surface area contributed by atoms with Gasteiger partial charge in [0.05, 0.1) is 6.61 Å². The lowest BCUT2D eigenvalue weighted by Gasteiger charge is -2.43. The van der Waals surface area contributed by atoms with Gasteiger partial charge in [-0.3, -0.25) is 0 Å². The topological polar surface area (TPSA) is 21.3 Å². The zero-order chi connectivity index (χ0) is 9.24. The molecule has 2 heteroatoms. The third-order valence-electron chi connectivity index (χ3n) is 2.69. The van der Waals surface area contributed by atoms with Crippen molar-refractivity contribution in [1.29, 1.82) is 0 Å². The van der Waals surface area contributed by atoms with Gasteiger partial charge < -0.3 is 10.1 Å². The molecule has 1 atom stereocenters. The van der Waals surface area contributed by atoms with Crippen LogP contribution in [0.1, 0.15) is 33.6 Å². The average molecular weight is 171 g/mol. The summed E-state index contributed by atoms with van der Waals surface area (Å²) in [6.45, 7) is 8.85. The number of hydrogen-bond acceptors (Lipinski definition) is 2. The molecule has 1 N–H and O–H groups in total. The van der Waals surface area contributed by atoms with Gasteiger partial charge in [0.1, 0.15) is 0 Å². The van der Waals surface area contributed by atoms with Gasteiger partial charge in [-0.1, -0.05) is 13.8 Å². The Balaban J connectivity index is 2.55. The molecule has 0 aromatic rings. The van der Waals surface area contributed by atoms with Crippen molar-refractivity contribution in [3.8, 4) is 0 Å². The summed E-state index contributed by atoms with van der Waals surface area (Å²) >= 11 is 0. The Morgan fingerprint density at radius 2 is 2.00 bits per heavy atom. The third-order valence-corrected chi connectivity index (χ3v) is 2.69. The van der Waals surface area contributed by atoms with Crippen molar-refractivity contribution in [2.75, 3.05) is 20.3 Å². The van der Waals surface area contributed by atoms with Crippen LogP contribution in [-0.4, -0.2) is 25.8 Å². The molecule has 0 radical (unpaired) electrons. The summed E-state index contributed by atoms with van der Waals surface area (Å²) in [5.41, 5.74) is 0.662. The van der Waals surface area contributed by atoms with E-state index in [1.165, 1.54) is 12.8 Å². The van der Waals surface area contributed by atoms with Crippen LogP contribution in [0.2, 0.25) is 0 Å². The van der Waals surface area contributed by atoms with Gasteiger partial charge >= 0.3 is 0 Å². The van der Waals surface area contributed by atoms with Crippen molar-refractivity contribution in [1.82, 2.24) is 5.32 Å². The summed E-state index contributed by atoms with van der Waals surface area (Å²) in [4.78, 5) is 0. The quantitative estimate of drug-likeness (QED) is 0.684. The highest BCUT2D eigenvalue weighted by Gasteiger charge is 2.35. The van der Waals surface area contributed by atoms with Gasteiger partial charge in [0.2, 0.25) is 0 Å². The molecule has 0 aromatic carbocycles. The van der Waals surface area contributed by atoms with Crippen LogP contribution in [0.4, 0.5) is 0 Å². The number of rotatable bonds is 2. The maximum Gasteiger partial charge on any atom is 0.0641 e. The monoisotopic (exact) mass is 171 g/mol. The van der Waals surface area contributed by atoms with Crippen molar-refractivity contribution in [2.24, 2.45) is 5.41 Å². The standard InChI is InChI=1S/C10H21NO/c1-9(2)5-6-11-10(3,7-9)8-12-4/h11H,5-8H2,1-4H3. The van der Waals surface area contributed by atoms with Crippen LogP contribution in [0, 0.1) is 5.41 Å². The minimum absolute atomic E-state index is 0.191. The van der Waals surface area contributed by atoms with Crippen LogP contribution in [0.5, 0.6) is 0 Å². The predicted octanol–water partition coefficient (Wildman–Crippen LogP) is 1.80. The number of piperidine rings is 1. The first-order valence-electron chi connectivity index (χ1n) is 4.71. The fourth-order valence-electron chi connectivity index (χ4n) is 2.33. The summed E-state index contributed by atoms with van der Waals surface area (Å²) in [5.74, 6) is 0. The molecule has 1 unspecified atom stereocenters. The molecule has 1 saturated heterocycles. The van der Waals surface area contributed by atoms with E-state index in [-0.39, 0.29) is 5.54 Å².